The number of likely N-dealkylation sites (N-methyl/N-ethyl adjacent to an activating group) is 1. The van der Waals surface area contributed by atoms with Crippen LogP contribution in [0.5, 0.6) is 0 Å². The van der Waals surface area contributed by atoms with Crippen molar-refractivity contribution in [2.45, 2.75) is 52.2 Å². The molecule has 2 atom stereocenters. The summed E-state index contributed by atoms with van der Waals surface area (Å²) in [7, 11) is 4.20. The van der Waals surface area contributed by atoms with E-state index in [4.69, 9.17) is 4.63 Å². The molecule has 0 unspecified atom stereocenters. The Hall–Kier alpha value is -2.26. The Morgan fingerprint density at radius 3 is 2.79 bits per heavy atom. The van der Waals surface area contributed by atoms with Crippen molar-refractivity contribution < 1.29 is 9.42 Å². The van der Waals surface area contributed by atoms with E-state index in [1.807, 2.05) is 20.0 Å². The third-order valence-corrected chi connectivity index (χ3v) is 6.87. The van der Waals surface area contributed by atoms with Crippen molar-refractivity contribution in [1.29, 1.82) is 0 Å². The van der Waals surface area contributed by atoms with Crippen molar-refractivity contribution in [3.8, 4) is 0 Å². The van der Waals surface area contributed by atoms with Gasteiger partial charge in [-0.3, -0.25) is 9.69 Å². The molecule has 2 fully saturated rings. The van der Waals surface area contributed by atoms with Crippen molar-refractivity contribution in [1.82, 2.24) is 35.0 Å². The quantitative estimate of drug-likeness (QED) is 0.800. The molecule has 0 radical (unpaired) electrons. The second kappa shape index (κ2) is 7.87. The van der Waals surface area contributed by atoms with E-state index in [2.05, 4.69) is 49.1 Å². The van der Waals surface area contributed by atoms with Gasteiger partial charge in [0.25, 0.3) is 0 Å². The number of nitrogens with one attached hydrogen (secondary N) is 1. The van der Waals surface area contributed by atoms with Gasteiger partial charge in [0, 0.05) is 32.4 Å². The lowest BCUT2D eigenvalue weighted by Crippen LogP contribution is -2.65. The highest BCUT2D eigenvalue weighted by molar-refractivity contribution is 5.83. The Kier molecular flexibility index (Phi) is 5.44. The van der Waals surface area contributed by atoms with Crippen molar-refractivity contribution in [3.63, 3.8) is 0 Å². The van der Waals surface area contributed by atoms with E-state index in [9.17, 15) is 4.79 Å². The van der Waals surface area contributed by atoms with Crippen LogP contribution in [0.2, 0.25) is 0 Å². The molecule has 4 heterocycles. The topological polar surface area (TPSA) is 92.3 Å². The first-order valence-corrected chi connectivity index (χ1v) is 10.4. The van der Waals surface area contributed by atoms with Crippen LogP contribution >= 0.6 is 0 Å². The molecule has 0 aliphatic carbocycles. The van der Waals surface area contributed by atoms with Crippen LogP contribution in [0.25, 0.3) is 0 Å². The SMILES string of the molecule is Cc1nonc1CNC(=O)[C@@]12CCCN(Cc3cnc(C)n3C)[C@H]1CN(C)CC2. The van der Waals surface area contributed by atoms with Gasteiger partial charge in [-0.1, -0.05) is 10.3 Å². The Morgan fingerprint density at radius 2 is 2.10 bits per heavy atom. The highest BCUT2D eigenvalue weighted by Crippen LogP contribution is 2.43. The van der Waals surface area contributed by atoms with Gasteiger partial charge in [0.05, 0.1) is 17.7 Å². The molecule has 2 aromatic rings. The molecule has 2 aromatic heterocycles. The average molecular weight is 402 g/mol. The van der Waals surface area contributed by atoms with Gasteiger partial charge in [-0.05, 0) is 53.2 Å². The maximum atomic E-state index is 13.5. The number of hydrogen-bond donors (Lipinski definition) is 1. The zero-order chi connectivity index (χ0) is 20.6. The van der Waals surface area contributed by atoms with E-state index in [-0.39, 0.29) is 17.4 Å². The summed E-state index contributed by atoms with van der Waals surface area (Å²) < 4.78 is 6.91. The summed E-state index contributed by atoms with van der Waals surface area (Å²) in [4.78, 5) is 22.8. The lowest BCUT2D eigenvalue weighted by molar-refractivity contribution is -0.145. The molecular formula is C20H31N7O2. The number of nitrogens with zero attached hydrogens (tertiary/aromatic N) is 6. The second-order valence-electron chi connectivity index (χ2n) is 8.59. The van der Waals surface area contributed by atoms with Crippen LogP contribution in [-0.4, -0.2) is 68.3 Å². The molecule has 4 rings (SSSR count). The maximum Gasteiger partial charge on any atom is 0.228 e. The van der Waals surface area contributed by atoms with Crippen LogP contribution in [0.4, 0.5) is 0 Å². The number of aryl methyl sites for hydroxylation is 2. The number of imidazole rings is 1. The van der Waals surface area contributed by atoms with E-state index < -0.39 is 0 Å². The molecule has 0 aromatic carbocycles. The van der Waals surface area contributed by atoms with E-state index >= 15 is 0 Å². The zero-order valence-corrected chi connectivity index (χ0v) is 17.8. The fraction of sp³-hybridized carbons (Fsp3) is 0.700. The molecule has 1 amide bonds. The second-order valence-corrected chi connectivity index (χ2v) is 8.59. The molecule has 2 aliphatic heterocycles. The fourth-order valence-corrected chi connectivity index (χ4v) is 4.85. The summed E-state index contributed by atoms with van der Waals surface area (Å²) in [6.45, 7) is 7.88. The van der Waals surface area contributed by atoms with Gasteiger partial charge in [-0.25, -0.2) is 9.61 Å². The first kappa shape index (κ1) is 20.0. The largest absolute Gasteiger partial charge is 0.350 e. The predicted octanol–water partition coefficient (Wildman–Crippen LogP) is 1.02. The van der Waals surface area contributed by atoms with Gasteiger partial charge >= 0.3 is 0 Å². The number of hydrogen-bond acceptors (Lipinski definition) is 7. The maximum absolute atomic E-state index is 13.5. The van der Waals surface area contributed by atoms with Gasteiger partial charge in [-0.2, -0.15) is 0 Å². The highest BCUT2D eigenvalue weighted by Gasteiger charge is 2.52. The minimum Gasteiger partial charge on any atom is -0.350 e. The molecule has 2 aliphatic rings. The lowest BCUT2D eigenvalue weighted by atomic mass is 9.67. The van der Waals surface area contributed by atoms with Gasteiger partial charge in [0.1, 0.15) is 17.2 Å². The summed E-state index contributed by atoms with van der Waals surface area (Å²) in [5.41, 5.74) is 2.23. The zero-order valence-electron chi connectivity index (χ0n) is 17.8. The summed E-state index contributed by atoms with van der Waals surface area (Å²) in [6.07, 6.45) is 4.78. The molecule has 158 valence electrons. The number of aromatic nitrogens is 4. The van der Waals surface area contributed by atoms with Crippen LogP contribution in [0, 0.1) is 19.3 Å². The molecule has 0 saturated carbocycles. The Morgan fingerprint density at radius 1 is 1.28 bits per heavy atom. The van der Waals surface area contributed by atoms with Crippen LogP contribution < -0.4 is 5.32 Å². The minimum atomic E-state index is -0.372. The molecule has 9 heteroatoms. The van der Waals surface area contributed by atoms with E-state index in [0.29, 0.717) is 12.2 Å². The Balaban J connectivity index is 1.55. The molecule has 0 bridgehead atoms. The molecular weight excluding hydrogens is 370 g/mol. The number of amides is 1. The molecule has 9 nitrogen and oxygen atoms in total. The normalized spacial score (nSPS) is 25.7. The monoisotopic (exact) mass is 401 g/mol. The van der Waals surface area contributed by atoms with Gasteiger partial charge in [-0.15, -0.1) is 0 Å². The Bertz CT molecular complexity index is 876. The number of likely N-dealkylation sites (tertiary alicyclic amines) is 2. The summed E-state index contributed by atoms with van der Waals surface area (Å²) in [5.74, 6) is 1.14. The van der Waals surface area contributed by atoms with Gasteiger partial charge in [0.2, 0.25) is 5.91 Å². The van der Waals surface area contributed by atoms with Crippen LogP contribution in [0.3, 0.4) is 0 Å². The predicted molar refractivity (Wildman–Crippen MR) is 107 cm³/mol. The number of carbonyl (C=O) groups is 1. The van der Waals surface area contributed by atoms with Crippen LogP contribution in [0.15, 0.2) is 10.8 Å². The number of rotatable bonds is 5. The van der Waals surface area contributed by atoms with Crippen molar-refractivity contribution in [2.24, 2.45) is 12.5 Å². The first-order valence-electron chi connectivity index (χ1n) is 10.4. The third-order valence-electron chi connectivity index (χ3n) is 6.87. The van der Waals surface area contributed by atoms with Gasteiger partial charge in [0.15, 0.2) is 0 Å². The van der Waals surface area contributed by atoms with E-state index in [1.165, 1.54) is 5.69 Å². The number of carbonyl (C=O) groups excluding carboxylic acids is 1. The summed E-state index contributed by atoms with van der Waals surface area (Å²) in [6, 6.07) is 0.182. The standard InChI is InChI=1S/C20H31N7O2/c1-14-17(24-29-23-14)11-22-19(28)20-6-5-8-27(18(20)13-25(3)9-7-20)12-16-10-21-15(2)26(16)4/h10,18H,5-9,11-13H2,1-4H3,(H,22,28)/t18-,20+/m0/s1. The molecule has 29 heavy (non-hydrogen) atoms. The average Bonchev–Trinajstić information content (AvgIpc) is 3.26. The number of fused-ring (bicyclic) bond motifs is 1. The summed E-state index contributed by atoms with van der Waals surface area (Å²) >= 11 is 0. The minimum absolute atomic E-state index is 0.129. The van der Waals surface area contributed by atoms with Crippen LogP contribution in [-0.2, 0) is 24.9 Å². The van der Waals surface area contributed by atoms with Crippen LogP contribution in [0.1, 0.15) is 42.2 Å². The molecule has 1 N–H and O–H groups in total. The van der Waals surface area contributed by atoms with Crippen molar-refractivity contribution in [2.75, 3.05) is 26.7 Å². The first-order chi connectivity index (χ1) is 13.9. The van der Waals surface area contributed by atoms with E-state index in [0.717, 1.165) is 57.0 Å². The Labute approximate surface area is 171 Å². The van der Waals surface area contributed by atoms with Crippen molar-refractivity contribution >= 4 is 5.91 Å². The molecule has 2 saturated heterocycles. The molecule has 0 spiro atoms. The van der Waals surface area contributed by atoms with Gasteiger partial charge < -0.3 is 14.8 Å². The lowest BCUT2D eigenvalue weighted by Gasteiger charge is -2.53. The smallest absolute Gasteiger partial charge is 0.228 e. The van der Waals surface area contributed by atoms with Crippen molar-refractivity contribution in [3.05, 3.63) is 29.1 Å². The number of piperidine rings is 2. The van der Waals surface area contributed by atoms with E-state index in [1.54, 1.807) is 0 Å². The third kappa shape index (κ3) is 3.69. The highest BCUT2D eigenvalue weighted by atomic mass is 16.6. The fourth-order valence-electron chi connectivity index (χ4n) is 4.85. The summed E-state index contributed by atoms with van der Waals surface area (Å²) in [5, 5.41) is 10.8.